The normalized spacial score (nSPS) is 11.0. The molecule has 0 N–H and O–H groups in total. The van der Waals surface area contributed by atoms with Crippen LogP contribution in [0.5, 0.6) is 11.5 Å². The predicted molar refractivity (Wildman–Crippen MR) is 108 cm³/mol. The second-order valence-corrected chi connectivity index (χ2v) is 6.55. The SMILES string of the molecule is CCOC(=O)COc1ccc(/C=C(\C#N)c2nc(-c3ccco3)cs2)cc1OC. The van der Waals surface area contributed by atoms with Crippen LogP contribution in [-0.2, 0) is 9.53 Å². The van der Waals surface area contributed by atoms with E-state index in [-0.39, 0.29) is 6.61 Å². The molecule has 2 heterocycles. The number of nitriles is 1. The van der Waals surface area contributed by atoms with Crippen molar-refractivity contribution in [2.75, 3.05) is 20.3 Å². The zero-order chi connectivity index (χ0) is 20.6. The van der Waals surface area contributed by atoms with Gasteiger partial charge in [0.15, 0.2) is 23.9 Å². The Morgan fingerprint density at radius 1 is 1.34 bits per heavy atom. The van der Waals surface area contributed by atoms with Crippen molar-refractivity contribution in [2.24, 2.45) is 0 Å². The Balaban J connectivity index is 1.81. The Kier molecular flexibility index (Phi) is 6.66. The van der Waals surface area contributed by atoms with Crippen LogP contribution in [0.1, 0.15) is 17.5 Å². The summed E-state index contributed by atoms with van der Waals surface area (Å²) in [4.78, 5) is 15.9. The molecule has 29 heavy (non-hydrogen) atoms. The van der Waals surface area contributed by atoms with Crippen molar-refractivity contribution in [3.8, 4) is 29.0 Å². The minimum Gasteiger partial charge on any atom is -0.493 e. The van der Waals surface area contributed by atoms with Crippen molar-refractivity contribution in [2.45, 2.75) is 6.92 Å². The molecular formula is C21H18N2O5S. The first-order chi connectivity index (χ1) is 14.1. The lowest BCUT2D eigenvalue weighted by atomic mass is 10.1. The Morgan fingerprint density at radius 2 is 2.21 bits per heavy atom. The van der Waals surface area contributed by atoms with Crippen LogP contribution in [0.15, 0.2) is 46.4 Å². The van der Waals surface area contributed by atoms with Crippen LogP contribution in [0.25, 0.3) is 23.1 Å². The van der Waals surface area contributed by atoms with E-state index in [2.05, 4.69) is 11.1 Å². The van der Waals surface area contributed by atoms with Gasteiger partial charge in [0.25, 0.3) is 0 Å². The summed E-state index contributed by atoms with van der Waals surface area (Å²) < 4.78 is 21.0. The maximum atomic E-state index is 11.5. The van der Waals surface area contributed by atoms with Crippen LogP contribution in [0, 0.1) is 11.3 Å². The van der Waals surface area contributed by atoms with Gasteiger partial charge in [-0.25, -0.2) is 9.78 Å². The number of rotatable bonds is 8. The molecule has 0 saturated carbocycles. The molecule has 0 unspecified atom stereocenters. The fourth-order valence-corrected chi connectivity index (χ4v) is 3.25. The minimum absolute atomic E-state index is 0.211. The van der Waals surface area contributed by atoms with Gasteiger partial charge in [-0.1, -0.05) is 6.07 Å². The van der Waals surface area contributed by atoms with Gasteiger partial charge in [-0.3, -0.25) is 0 Å². The molecule has 0 saturated heterocycles. The van der Waals surface area contributed by atoms with Gasteiger partial charge in [0.2, 0.25) is 0 Å². The molecule has 0 radical (unpaired) electrons. The third-order valence-corrected chi connectivity index (χ3v) is 4.65. The Bertz CT molecular complexity index is 1050. The third kappa shape index (κ3) is 5.03. The molecule has 0 aliphatic heterocycles. The summed E-state index contributed by atoms with van der Waals surface area (Å²) in [6, 6.07) is 10.9. The number of hydrogen-bond acceptors (Lipinski definition) is 8. The number of carbonyl (C=O) groups is 1. The Morgan fingerprint density at radius 3 is 2.90 bits per heavy atom. The monoisotopic (exact) mass is 410 g/mol. The number of furan rings is 1. The molecule has 0 aliphatic carbocycles. The number of thiazole rings is 1. The third-order valence-electron chi connectivity index (χ3n) is 3.78. The molecule has 7 nitrogen and oxygen atoms in total. The fraction of sp³-hybridized carbons (Fsp3) is 0.190. The van der Waals surface area contributed by atoms with Gasteiger partial charge >= 0.3 is 5.97 Å². The standard InChI is InChI=1S/C21H18N2O5S/c1-3-26-20(24)12-28-18-7-6-14(10-19(18)25-2)9-15(11-22)21-23-16(13-29-21)17-5-4-8-27-17/h4-10,13H,3,12H2,1-2H3/b15-9+. The number of hydrogen-bond donors (Lipinski definition) is 0. The molecule has 0 aliphatic rings. The van der Waals surface area contributed by atoms with Gasteiger partial charge in [0.1, 0.15) is 16.8 Å². The van der Waals surface area contributed by atoms with Gasteiger partial charge < -0.3 is 18.6 Å². The molecule has 0 fully saturated rings. The van der Waals surface area contributed by atoms with Crippen molar-refractivity contribution in [1.82, 2.24) is 4.98 Å². The molecule has 2 aromatic heterocycles. The lowest BCUT2D eigenvalue weighted by molar-refractivity contribution is -0.145. The van der Waals surface area contributed by atoms with E-state index in [0.29, 0.717) is 40.1 Å². The first kappa shape index (κ1) is 20.2. The van der Waals surface area contributed by atoms with E-state index in [1.54, 1.807) is 43.5 Å². The van der Waals surface area contributed by atoms with Gasteiger partial charge in [-0.2, -0.15) is 5.26 Å². The fourth-order valence-electron chi connectivity index (χ4n) is 2.48. The maximum absolute atomic E-state index is 11.5. The van der Waals surface area contributed by atoms with Crippen LogP contribution in [0.4, 0.5) is 0 Å². The van der Waals surface area contributed by atoms with Gasteiger partial charge in [-0.15, -0.1) is 11.3 Å². The van der Waals surface area contributed by atoms with E-state index in [1.165, 1.54) is 18.4 Å². The van der Waals surface area contributed by atoms with E-state index in [4.69, 9.17) is 18.6 Å². The average molecular weight is 410 g/mol. The minimum atomic E-state index is -0.457. The highest BCUT2D eigenvalue weighted by atomic mass is 32.1. The highest BCUT2D eigenvalue weighted by molar-refractivity contribution is 7.11. The molecule has 0 atom stereocenters. The van der Waals surface area contributed by atoms with Gasteiger partial charge in [0, 0.05) is 5.38 Å². The van der Waals surface area contributed by atoms with E-state index in [9.17, 15) is 10.1 Å². The van der Waals surface area contributed by atoms with E-state index in [1.807, 2.05) is 11.4 Å². The lowest BCUT2D eigenvalue weighted by Gasteiger charge is -2.11. The van der Waals surface area contributed by atoms with Gasteiger partial charge in [0.05, 0.1) is 25.6 Å². The second kappa shape index (κ2) is 9.57. The van der Waals surface area contributed by atoms with Crippen molar-refractivity contribution >= 4 is 29.0 Å². The second-order valence-electron chi connectivity index (χ2n) is 5.69. The molecule has 3 aromatic rings. The summed E-state index contributed by atoms with van der Waals surface area (Å²) >= 11 is 1.36. The topological polar surface area (TPSA) is 94.6 Å². The predicted octanol–water partition coefficient (Wildman–Crippen LogP) is 4.42. The van der Waals surface area contributed by atoms with Crippen molar-refractivity contribution in [1.29, 1.82) is 5.26 Å². The maximum Gasteiger partial charge on any atom is 0.344 e. The summed E-state index contributed by atoms with van der Waals surface area (Å²) in [7, 11) is 1.50. The molecule has 0 bridgehead atoms. The summed E-state index contributed by atoms with van der Waals surface area (Å²) in [6.45, 7) is 1.81. The average Bonchev–Trinajstić information content (AvgIpc) is 3.42. The smallest absolute Gasteiger partial charge is 0.344 e. The summed E-state index contributed by atoms with van der Waals surface area (Å²) in [5.41, 5.74) is 1.82. The van der Waals surface area contributed by atoms with Gasteiger partial charge in [-0.05, 0) is 42.8 Å². The number of nitrogens with zero attached hydrogens (tertiary/aromatic N) is 2. The number of aromatic nitrogens is 1. The molecular weight excluding hydrogens is 392 g/mol. The first-order valence-corrected chi connectivity index (χ1v) is 9.60. The summed E-state index contributed by atoms with van der Waals surface area (Å²) in [5, 5.41) is 12.0. The number of methoxy groups -OCH3 is 1. The van der Waals surface area contributed by atoms with Crippen LogP contribution in [-0.4, -0.2) is 31.3 Å². The molecule has 1 aromatic carbocycles. The van der Waals surface area contributed by atoms with Crippen molar-refractivity contribution in [3.63, 3.8) is 0 Å². The van der Waals surface area contributed by atoms with Crippen LogP contribution in [0.3, 0.4) is 0 Å². The number of ether oxygens (including phenoxy) is 3. The Labute approximate surface area is 171 Å². The number of allylic oxidation sites excluding steroid dienone is 1. The molecule has 0 spiro atoms. The number of benzene rings is 1. The van der Waals surface area contributed by atoms with Crippen LogP contribution < -0.4 is 9.47 Å². The first-order valence-electron chi connectivity index (χ1n) is 8.72. The highest BCUT2D eigenvalue weighted by Gasteiger charge is 2.12. The van der Waals surface area contributed by atoms with Crippen molar-refractivity contribution in [3.05, 3.63) is 52.5 Å². The summed E-state index contributed by atoms with van der Waals surface area (Å²) in [5.74, 6) is 1.04. The lowest BCUT2D eigenvalue weighted by Crippen LogP contribution is -2.14. The number of esters is 1. The Hall–Kier alpha value is -3.57. The van der Waals surface area contributed by atoms with E-state index >= 15 is 0 Å². The molecule has 3 rings (SSSR count). The van der Waals surface area contributed by atoms with E-state index in [0.717, 1.165) is 5.56 Å². The quantitative estimate of drug-likeness (QED) is 0.401. The zero-order valence-electron chi connectivity index (χ0n) is 15.9. The van der Waals surface area contributed by atoms with Crippen molar-refractivity contribution < 1.29 is 23.4 Å². The van der Waals surface area contributed by atoms with Crippen LogP contribution in [0.2, 0.25) is 0 Å². The van der Waals surface area contributed by atoms with E-state index < -0.39 is 5.97 Å². The number of carbonyl (C=O) groups excluding carboxylic acids is 1. The zero-order valence-corrected chi connectivity index (χ0v) is 16.7. The van der Waals surface area contributed by atoms with Crippen LogP contribution >= 0.6 is 11.3 Å². The summed E-state index contributed by atoms with van der Waals surface area (Å²) in [6.07, 6.45) is 3.29. The molecule has 0 amide bonds. The highest BCUT2D eigenvalue weighted by Crippen LogP contribution is 2.31. The largest absolute Gasteiger partial charge is 0.493 e. The molecule has 148 valence electrons. The molecule has 8 heteroatoms.